The molecule has 0 aromatic carbocycles. The van der Waals surface area contributed by atoms with Crippen LogP contribution in [0.3, 0.4) is 0 Å². The Morgan fingerprint density at radius 3 is 1.62 bits per heavy atom. The van der Waals surface area contributed by atoms with Crippen molar-refractivity contribution in [2.24, 2.45) is 5.92 Å². The maximum atomic E-state index is 11.4. The van der Waals surface area contributed by atoms with Gasteiger partial charge in [0.15, 0.2) is 0 Å². The van der Waals surface area contributed by atoms with Crippen LogP contribution in [0, 0.1) is 5.92 Å². The molecule has 0 aromatic heterocycles. The standard InChI is InChI=1S/C10H17NO3.C9H15NO4.CH4/c1-7-4-5-9(10(13)14-3)11(6-7)8(2)12;1-6(11)10-5-7(12)3-4-8(10)9(13)14-2;/h7,9H,4-6H2,1-3H3;7-8,12H,3-5H2,1-2H3;1H4/t7-,9-;7-,8-;/m00./s1. The minimum absolute atomic E-state index is 0. The van der Waals surface area contributed by atoms with Crippen LogP contribution in [0.2, 0.25) is 0 Å². The number of likely N-dealkylation sites (tertiary alicyclic amines) is 2. The second-order valence-electron chi connectivity index (χ2n) is 7.33. The molecular formula is C20H36N2O7. The monoisotopic (exact) mass is 416 g/mol. The summed E-state index contributed by atoms with van der Waals surface area (Å²) in [5, 5.41) is 9.35. The Hall–Kier alpha value is -2.16. The molecule has 0 aliphatic carbocycles. The average Bonchev–Trinajstić information content (AvgIpc) is 2.67. The third kappa shape index (κ3) is 7.64. The van der Waals surface area contributed by atoms with Crippen LogP contribution in [0.5, 0.6) is 0 Å². The van der Waals surface area contributed by atoms with E-state index in [4.69, 9.17) is 0 Å². The summed E-state index contributed by atoms with van der Waals surface area (Å²) in [6.07, 6.45) is 2.16. The molecule has 0 aromatic rings. The molecule has 9 heteroatoms. The number of hydrogen-bond acceptors (Lipinski definition) is 7. The molecule has 1 N–H and O–H groups in total. The first kappa shape index (κ1) is 26.8. The highest BCUT2D eigenvalue weighted by Gasteiger charge is 2.35. The molecule has 4 atom stereocenters. The highest BCUT2D eigenvalue weighted by atomic mass is 16.5. The molecule has 2 aliphatic heterocycles. The van der Waals surface area contributed by atoms with Crippen molar-refractivity contribution in [2.75, 3.05) is 27.3 Å². The van der Waals surface area contributed by atoms with Crippen LogP contribution >= 0.6 is 0 Å². The fourth-order valence-electron chi connectivity index (χ4n) is 3.56. The van der Waals surface area contributed by atoms with Gasteiger partial charge in [0.2, 0.25) is 11.8 Å². The number of aliphatic hydroxyl groups excluding tert-OH is 1. The Balaban J connectivity index is 0.000000523. The van der Waals surface area contributed by atoms with Gasteiger partial charge in [-0.15, -0.1) is 0 Å². The Morgan fingerprint density at radius 1 is 0.793 bits per heavy atom. The first-order valence-electron chi connectivity index (χ1n) is 9.50. The first-order chi connectivity index (χ1) is 13.1. The van der Waals surface area contributed by atoms with Gasteiger partial charge in [-0.1, -0.05) is 14.4 Å². The van der Waals surface area contributed by atoms with E-state index in [-0.39, 0.29) is 37.8 Å². The minimum atomic E-state index is -0.528. The van der Waals surface area contributed by atoms with E-state index in [1.165, 1.54) is 33.0 Å². The molecule has 2 rings (SSSR count). The molecule has 9 nitrogen and oxygen atoms in total. The summed E-state index contributed by atoms with van der Waals surface area (Å²) in [5.74, 6) is -0.495. The van der Waals surface area contributed by atoms with Crippen LogP contribution in [-0.2, 0) is 28.7 Å². The van der Waals surface area contributed by atoms with Gasteiger partial charge in [0, 0.05) is 26.9 Å². The zero-order chi connectivity index (χ0) is 21.4. The summed E-state index contributed by atoms with van der Waals surface area (Å²) < 4.78 is 9.26. The number of aliphatic hydroxyl groups is 1. The van der Waals surface area contributed by atoms with Crippen molar-refractivity contribution < 1.29 is 33.8 Å². The minimum Gasteiger partial charge on any atom is -0.467 e. The van der Waals surface area contributed by atoms with E-state index in [0.717, 1.165) is 6.42 Å². The summed E-state index contributed by atoms with van der Waals surface area (Å²) in [6.45, 7) is 5.84. The van der Waals surface area contributed by atoms with Crippen molar-refractivity contribution in [3.63, 3.8) is 0 Å². The van der Waals surface area contributed by atoms with E-state index in [1.807, 2.05) is 0 Å². The zero-order valence-electron chi connectivity index (χ0n) is 17.3. The molecule has 29 heavy (non-hydrogen) atoms. The first-order valence-corrected chi connectivity index (χ1v) is 9.50. The fourth-order valence-corrected chi connectivity index (χ4v) is 3.56. The number of ether oxygens (including phenoxy) is 2. The number of nitrogens with zero attached hydrogens (tertiary/aromatic N) is 2. The highest BCUT2D eigenvalue weighted by Crippen LogP contribution is 2.22. The number of rotatable bonds is 2. The molecule has 2 amide bonds. The third-order valence-electron chi connectivity index (χ3n) is 5.13. The predicted molar refractivity (Wildman–Crippen MR) is 107 cm³/mol. The number of carbonyl (C=O) groups is 4. The lowest BCUT2D eigenvalue weighted by atomic mass is 9.94. The summed E-state index contributed by atoms with van der Waals surface area (Å²) in [4.78, 5) is 48.1. The zero-order valence-corrected chi connectivity index (χ0v) is 17.3. The lowest BCUT2D eigenvalue weighted by Crippen LogP contribution is -2.51. The maximum absolute atomic E-state index is 11.4. The summed E-state index contributed by atoms with van der Waals surface area (Å²) in [6, 6.07) is -0.894. The van der Waals surface area contributed by atoms with Gasteiger partial charge in [0.25, 0.3) is 0 Å². The Kier molecular flexibility index (Phi) is 11.5. The molecule has 2 heterocycles. The number of hydrogen-bond donors (Lipinski definition) is 1. The molecular weight excluding hydrogens is 380 g/mol. The van der Waals surface area contributed by atoms with E-state index >= 15 is 0 Å². The second kappa shape index (κ2) is 12.4. The Bertz CT molecular complexity index is 531. The largest absolute Gasteiger partial charge is 0.467 e. The van der Waals surface area contributed by atoms with Crippen molar-refractivity contribution in [2.45, 2.75) is 72.1 Å². The molecule has 0 bridgehead atoms. The lowest BCUT2D eigenvalue weighted by molar-refractivity contribution is -0.156. The van der Waals surface area contributed by atoms with E-state index < -0.39 is 18.1 Å². The fraction of sp³-hybridized carbons (Fsp3) is 0.800. The van der Waals surface area contributed by atoms with Crippen LogP contribution in [0.15, 0.2) is 0 Å². The van der Waals surface area contributed by atoms with E-state index in [9.17, 15) is 24.3 Å². The van der Waals surface area contributed by atoms with E-state index in [2.05, 4.69) is 16.4 Å². The van der Waals surface area contributed by atoms with Crippen LogP contribution in [0.4, 0.5) is 0 Å². The molecule has 0 saturated carbocycles. The van der Waals surface area contributed by atoms with Crippen LogP contribution < -0.4 is 0 Å². The normalized spacial score (nSPS) is 26.3. The van der Waals surface area contributed by atoms with Gasteiger partial charge in [0.05, 0.1) is 20.3 Å². The number of piperidine rings is 2. The molecule has 0 radical (unpaired) electrons. The summed E-state index contributed by atoms with van der Waals surface area (Å²) >= 11 is 0. The van der Waals surface area contributed by atoms with Gasteiger partial charge in [-0.05, 0) is 31.6 Å². The number of esters is 2. The molecule has 0 unspecified atom stereocenters. The van der Waals surface area contributed by atoms with Crippen molar-refractivity contribution >= 4 is 23.8 Å². The predicted octanol–water partition coefficient (Wildman–Crippen LogP) is 0.974. The summed E-state index contributed by atoms with van der Waals surface area (Å²) in [7, 11) is 2.66. The number of β-amino-alcohol motifs (C(OH)–C–C–N with tert-alkyl or cyclic N) is 1. The third-order valence-corrected chi connectivity index (χ3v) is 5.13. The topological polar surface area (TPSA) is 113 Å². The van der Waals surface area contributed by atoms with Crippen molar-refractivity contribution in [3.05, 3.63) is 0 Å². The number of carbonyl (C=O) groups excluding carboxylic acids is 4. The smallest absolute Gasteiger partial charge is 0.328 e. The second-order valence-corrected chi connectivity index (χ2v) is 7.33. The average molecular weight is 417 g/mol. The number of amides is 2. The lowest BCUT2D eigenvalue weighted by Gasteiger charge is -2.36. The van der Waals surface area contributed by atoms with Crippen molar-refractivity contribution in [1.82, 2.24) is 9.80 Å². The maximum Gasteiger partial charge on any atom is 0.328 e. The van der Waals surface area contributed by atoms with Gasteiger partial charge in [-0.3, -0.25) is 9.59 Å². The van der Waals surface area contributed by atoms with E-state index in [0.29, 0.717) is 31.7 Å². The number of methoxy groups -OCH3 is 2. The molecule has 2 fully saturated rings. The van der Waals surface area contributed by atoms with Crippen LogP contribution in [0.25, 0.3) is 0 Å². The van der Waals surface area contributed by atoms with Crippen LogP contribution in [0.1, 0.15) is 53.9 Å². The SMILES string of the molecule is C.COC(=O)[C@@H]1CC[C@H](C)CN1C(C)=O.COC(=O)[C@@H]1CC[C@H](O)CN1C(C)=O. The van der Waals surface area contributed by atoms with Crippen molar-refractivity contribution in [1.29, 1.82) is 0 Å². The molecule has 2 saturated heterocycles. The quantitative estimate of drug-likeness (QED) is 0.667. The van der Waals surface area contributed by atoms with Gasteiger partial charge in [-0.25, -0.2) is 9.59 Å². The highest BCUT2D eigenvalue weighted by molar-refractivity contribution is 5.84. The van der Waals surface area contributed by atoms with Gasteiger partial charge in [0.1, 0.15) is 12.1 Å². The summed E-state index contributed by atoms with van der Waals surface area (Å²) in [5.41, 5.74) is 0. The van der Waals surface area contributed by atoms with Crippen LogP contribution in [-0.4, -0.2) is 84.2 Å². The molecule has 0 spiro atoms. The van der Waals surface area contributed by atoms with Gasteiger partial charge in [-0.2, -0.15) is 0 Å². The van der Waals surface area contributed by atoms with Gasteiger partial charge >= 0.3 is 11.9 Å². The van der Waals surface area contributed by atoms with Crippen molar-refractivity contribution in [3.8, 4) is 0 Å². The Morgan fingerprint density at radius 2 is 1.21 bits per heavy atom. The van der Waals surface area contributed by atoms with Gasteiger partial charge < -0.3 is 24.4 Å². The van der Waals surface area contributed by atoms with E-state index in [1.54, 1.807) is 4.90 Å². The molecule has 168 valence electrons. The molecule has 2 aliphatic rings. The Labute approximate surface area is 173 Å².